The summed E-state index contributed by atoms with van der Waals surface area (Å²) in [6, 6.07) is 0. The van der Waals surface area contributed by atoms with Gasteiger partial charge in [-0.3, -0.25) is 13.8 Å². The second kappa shape index (κ2) is 46.2. The Bertz CT molecular complexity index is 1280. The number of hydrogen-bond donors (Lipinski definition) is 1. The lowest BCUT2D eigenvalue weighted by Gasteiger charge is -2.24. The second-order valence-electron chi connectivity index (χ2n) is 17.8. The molecule has 0 radical (unpaired) electrons. The average molecular weight is 903 g/mol. The van der Waals surface area contributed by atoms with Gasteiger partial charge in [0.25, 0.3) is 0 Å². The molecule has 2 unspecified atom stereocenters. The number of carbonyl (C=O) groups excluding carboxylic acids is 1. The van der Waals surface area contributed by atoms with Crippen LogP contribution < -0.4 is 0 Å². The molecule has 0 bridgehead atoms. The first-order chi connectivity index (χ1) is 30.6. The summed E-state index contributed by atoms with van der Waals surface area (Å²) in [5, 5.41) is 0. The summed E-state index contributed by atoms with van der Waals surface area (Å²) in [6.07, 6.45) is 61.9. The molecule has 1 N–H and O–H groups in total. The van der Waals surface area contributed by atoms with Gasteiger partial charge in [0.1, 0.15) is 19.3 Å². The van der Waals surface area contributed by atoms with Crippen LogP contribution in [-0.4, -0.2) is 75.6 Å². The number of quaternary nitrogens is 1. The standard InChI is InChI=1S/C54H96NO7P/c1-6-8-10-12-14-16-18-20-22-24-26-27-28-30-32-34-36-38-40-42-44-46-49-59-51-53(52-61-63(57,58)60-50-48-55(3,4)5)62-54(56)47-45-43-41-39-37-35-33-31-29-25-23-21-19-17-15-13-11-9-7-2/h8,10,14-17,20-23,26-27,30,32,53H,6-7,9,11-13,18-19,24-25,28-29,31,33-52H2,1-5H3/p+1/b10-8-,16-14-,17-15-,22-20-,23-21-,27-26-,32-30-. The normalized spacial score (nSPS) is 14.3. The number of hydrogen-bond acceptors (Lipinski definition) is 6. The van der Waals surface area contributed by atoms with Gasteiger partial charge < -0.3 is 18.9 Å². The van der Waals surface area contributed by atoms with Crippen LogP contribution in [0.3, 0.4) is 0 Å². The summed E-state index contributed by atoms with van der Waals surface area (Å²) < 4.78 is 35.1. The molecule has 0 aromatic heterocycles. The van der Waals surface area contributed by atoms with Crippen molar-refractivity contribution in [2.75, 3.05) is 54.1 Å². The molecule has 63 heavy (non-hydrogen) atoms. The zero-order valence-corrected chi connectivity index (χ0v) is 42.2. The van der Waals surface area contributed by atoms with E-state index in [4.69, 9.17) is 18.5 Å². The van der Waals surface area contributed by atoms with Crippen molar-refractivity contribution >= 4 is 13.8 Å². The molecule has 0 aliphatic carbocycles. The van der Waals surface area contributed by atoms with E-state index in [9.17, 15) is 14.3 Å². The molecule has 0 spiro atoms. The SMILES string of the molecule is CC/C=C\C/C=C\C/C=C\C/C=C\C/C=C\CCCCCCCCOCC(COP(=O)(O)OCC[N+](C)(C)C)OC(=O)CCCCCCCCCCC/C=C\C/C=C\CCCCC. The highest BCUT2D eigenvalue weighted by Crippen LogP contribution is 2.43. The van der Waals surface area contributed by atoms with Crippen LogP contribution in [0.4, 0.5) is 0 Å². The maximum Gasteiger partial charge on any atom is 0.472 e. The van der Waals surface area contributed by atoms with Crippen molar-refractivity contribution < 1.29 is 37.3 Å². The summed E-state index contributed by atoms with van der Waals surface area (Å²) in [4.78, 5) is 23.0. The average Bonchev–Trinajstić information content (AvgIpc) is 3.24. The quantitative estimate of drug-likeness (QED) is 0.0214. The van der Waals surface area contributed by atoms with Gasteiger partial charge in [0, 0.05) is 13.0 Å². The van der Waals surface area contributed by atoms with Crippen LogP contribution in [-0.2, 0) is 27.9 Å². The van der Waals surface area contributed by atoms with E-state index >= 15 is 0 Å². The summed E-state index contributed by atoms with van der Waals surface area (Å²) >= 11 is 0. The molecule has 364 valence electrons. The highest BCUT2D eigenvalue weighted by Gasteiger charge is 2.26. The van der Waals surface area contributed by atoms with Crippen molar-refractivity contribution in [3.05, 3.63) is 85.1 Å². The third kappa shape index (κ3) is 50.5. The van der Waals surface area contributed by atoms with Crippen molar-refractivity contribution in [3.63, 3.8) is 0 Å². The highest BCUT2D eigenvalue weighted by atomic mass is 31.2. The monoisotopic (exact) mass is 903 g/mol. The first-order valence-electron chi connectivity index (χ1n) is 25.3. The number of esters is 1. The van der Waals surface area contributed by atoms with Crippen LogP contribution in [0.2, 0.25) is 0 Å². The Kier molecular flexibility index (Phi) is 44.5. The molecule has 0 rings (SSSR count). The lowest BCUT2D eigenvalue weighted by molar-refractivity contribution is -0.870. The zero-order valence-electron chi connectivity index (χ0n) is 41.3. The summed E-state index contributed by atoms with van der Waals surface area (Å²) in [7, 11) is 1.64. The number of phosphoric ester groups is 1. The zero-order chi connectivity index (χ0) is 46.2. The van der Waals surface area contributed by atoms with Crippen molar-refractivity contribution in [1.29, 1.82) is 0 Å². The Balaban J connectivity index is 4.22. The van der Waals surface area contributed by atoms with Gasteiger partial charge in [0.2, 0.25) is 0 Å². The maximum atomic E-state index is 12.8. The van der Waals surface area contributed by atoms with Gasteiger partial charge in [0.15, 0.2) is 0 Å². The van der Waals surface area contributed by atoms with Crippen LogP contribution in [0.1, 0.15) is 194 Å². The van der Waals surface area contributed by atoms with Crippen LogP contribution >= 0.6 is 7.82 Å². The van der Waals surface area contributed by atoms with E-state index in [1.165, 1.54) is 89.9 Å². The van der Waals surface area contributed by atoms with Gasteiger partial charge in [-0.25, -0.2) is 4.57 Å². The van der Waals surface area contributed by atoms with E-state index in [1.807, 2.05) is 21.1 Å². The Morgan fingerprint density at radius 3 is 1.38 bits per heavy atom. The van der Waals surface area contributed by atoms with Gasteiger partial charge >= 0.3 is 13.8 Å². The van der Waals surface area contributed by atoms with E-state index in [0.29, 0.717) is 24.1 Å². The molecule has 0 heterocycles. The molecule has 0 aromatic carbocycles. The van der Waals surface area contributed by atoms with Gasteiger partial charge in [-0.2, -0.15) is 0 Å². The Hall–Kier alpha value is -2.32. The molecular formula is C54H97NO7P+. The van der Waals surface area contributed by atoms with Gasteiger partial charge in [0.05, 0.1) is 34.4 Å². The molecule has 0 amide bonds. The molecule has 2 atom stereocenters. The molecular weight excluding hydrogens is 806 g/mol. The topological polar surface area (TPSA) is 91.3 Å². The minimum Gasteiger partial charge on any atom is -0.457 e. The molecule has 0 aromatic rings. The fourth-order valence-electron chi connectivity index (χ4n) is 6.55. The van der Waals surface area contributed by atoms with E-state index < -0.39 is 13.9 Å². The van der Waals surface area contributed by atoms with Crippen molar-refractivity contribution in [3.8, 4) is 0 Å². The summed E-state index contributed by atoms with van der Waals surface area (Å²) in [6.45, 7) is 5.44. The predicted molar refractivity (Wildman–Crippen MR) is 270 cm³/mol. The third-order valence-corrected chi connectivity index (χ3v) is 11.4. The number of phosphoric acid groups is 1. The smallest absolute Gasteiger partial charge is 0.457 e. The summed E-state index contributed by atoms with van der Waals surface area (Å²) in [5.74, 6) is -0.326. The summed E-state index contributed by atoms with van der Waals surface area (Å²) in [5.41, 5.74) is 0. The first kappa shape index (κ1) is 60.7. The number of allylic oxidation sites excluding steroid dienone is 14. The Morgan fingerprint density at radius 2 is 0.921 bits per heavy atom. The lowest BCUT2D eigenvalue weighted by Crippen LogP contribution is -2.37. The third-order valence-electron chi connectivity index (χ3n) is 10.4. The lowest BCUT2D eigenvalue weighted by atomic mass is 10.1. The molecule has 8 nitrogen and oxygen atoms in total. The number of nitrogens with zero attached hydrogens (tertiary/aromatic N) is 1. The van der Waals surface area contributed by atoms with Crippen LogP contribution in [0.5, 0.6) is 0 Å². The Morgan fingerprint density at radius 1 is 0.508 bits per heavy atom. The fourth-order valence-corrected chi connectivity index (χ4v) is 7.29. The molecule has 0 aliphatic heterocycles. The molecule has 0 aliphatic rings. The highest BCUT2D eigenvalue weighted by molar-refractivity contribution is 7.47. The van der Waals surface area contributed by atoms with Gasteiger partial charge in [-0.15, -0.1) is 0 Å². The number of ether oxygens (including phenoxy) is 2. The molecule has 0 saturated heterocycles. The number of carbonyl (C=O) groups is 1. The first-order valence-corrected chi connectivity index (χ1v) is 26.8. The number of unbranched alkanes of at least 4 members (excludes halogenated alkanes) is 18. The second-order valence-corrected chi connectivity index (χ2v) is 19.3. The van der Waals surface area contributed by atoms with Crippen molar-refractivity contribution in [2.45, 2.75) is 200 Å². The fraction of sp³-hybridized carbons (Fsp3) is 0.722. The predicted octanol–water partition coefficient (Wildman–Crippen LogP) is 15.6. The van der Waals surface area contributed by atoms with E-state index in [2.05, 4.69) is 98.9 Å². The van der Waals surface area contributed by atoms with Crippen molar-refractivity contribution in [1.82, 2.24) is 0 Å². The molecule has 0 saturated carbocycles. The van der Waals surface area contributed by atoms with Gasteiger partial charge in [-0.1, -0.05) is 182 Å². The van der Waals surface area contributed by atoms with Crippen LogP contribution in [0, 0.1) is 0 Å². The minimum absolute atomic E-state index is 0.0801. The van der Waals surface area contributed by atoms with Crippen LogP contribution in [0.15, 0.2) is 85.1 Å². The number of rotatable bonds is 46. The minimum atomic E-state index is -4.29. The van der Waals surface area contributed by atoms with Gasteiger partial charge in [-0.05, 0) is 89.9 Å². The van der Waals surface area contributed by atoms with E-state index in [1.54, 1.807) is 0 Å². The largest absolute Gasteiger partial charge is 0.472 e. The molecule has 9 heteroatoms. The van der Waals surface area contributed by atoms with E-state index in [-0.39, 0.29) is 25.8 Å². The van der Waals surface area contributed by atoms with Crippen LogP contribution in [0.25, 0.3) is 0 Å². The number of likely N-dealkylation sites (N-methyl/N-ethyl adjacent to an activating group) is 1. The molecule has 0 fully saturated rings. The van der Waals surface area contributed by atoms with E-state index in [0.717, 1.165) is 83.5 Å². The Labute approximate surface area is 388 Å². The van der Waals surface area contributed by atoms with Crippen molar-refractivity contribution in [2.24, 2.45) is 0 Å². The maximum absolute atomic E-state index is 12.8.